The highest BCUT2D eigenvalue weighted by Gasteiger charge is 2.39. The molecule has 1 aliphatic heterocycles. The maximum Gasteiger partial charge on any atom is 0.248 e. The number of hydrogen-bond donors (Lipinski definition) is 1. The summed E-state index contributed by atoms with van der Waals surface area (Å²) in [5.74, 6) is -0.174. The lowest BCUT2D eigenvalue weighted by Gasteiger charge is -2.37. The Morgan fingerprint density at radius 1 is 1.35 bits per heavy atom. The summed E-state index contributed by atoms with van der Waals surface area (Å²) in [5, 5.41) is 7.18. The molecule has 0 spiro atoms. The van der Waals surface area contributed by atoms with Crippen LogP contribution in [0.2, 0.25) is 0 Å². The minimum absolute atomic E-state index is 0.0565. The van der Waals surface area contributed by atoms with Gasteiger partial charge >= 0.3 is 0 Å². The van der Waals surface area contributed by atoms with Crippen molar-refractivity contribution in [3.63, 3.8) is 0 Å². The molecular formula is C14H22N4O2. The van der Waals surface area contributed by atoms with Gasteiger partial charge in [0.1, 0.15) is 12.1 Å². The minimum Gasteiger partial charge on any atom is -0.341 e. The van der Waals surface area contributed by atoms with E-state index in [9.17, 15) is 9.59 Å². The first-order chi connectivity index (χ1) is 9.37. The highest BCUT2D eigenvalue weighted by molar-refractivity contribution is 5.97. The van der Waals surface area contributed by atoms with Crippen molar-refractivity contribution in [1.29, 1.82) is 0 Å². The number of hydrogen-bond acceptors (Lipinski definition) is 3. The van der Waals surface area contributed by atoms with Gasteiger partial charge in [0.25, 0.3) is 0 Å². The van der Waals surface area contributed by atoms with Crippen molar-refractivity contribution < 1.29 is 9.59 Å². The smallest absolute Gasteiger partial charge is 0.248 e. The van der Waals surface area contributed by atoms with Crippen LogP contribution in [0.3, 0.4) is 0 Å². The lowest BCUT2D eigenvalue weighted by molar-refractivity contribution is -0.149. The largest absolute Gasteiger partial charge is 0.341 e. The van der Waals surface area contributed by atoms with Gasteiger partial charge in [-0.3, -0.25) is 14.3 Å². The molecule has 0 aromatic carbocycles. The Balaban J connectivity index is 2.22. The number of carbonyl (C=O) groups is 2. The van der Waals surface area contributed by atoms with Crippen molar-refractivity contribution in [1.82, 2.24) is 20.0 Å². The molecule has 1 aliphatic rings. The normalized spacial score (nSPS) is 18.3. The summed E-state index contributed by atoms with van der Waals surface area (Å²) in [6.45, 7) is 8.82. The summed E-state index contributed by atoms with van der Waals surface area (Å²) in [4.78, 5) is 25.7. The molecule has 2 amide bonds. The van der Waals surface area contributed by atoms with Crippen molar-refractivity contribution in [2.24, 2.45) is 0 Å². The quantitative estimate of drug-likeness (QED) is 0.881. The van der Waals surface area contributed by atoms with E-state index >= 15 is 0 Å². The number of carbonyl (C=O) groups excluding carboxylic acids is 2. The van der Waals surface area contributed by atoms with Gasteiger partial charge in [0.2, 0.25) is 11.8 Å². The monoisotopic (exact) mass is 278 g/mol. The summed E-state index contributed by atoms with van der Waals surface area (Å²) in [6, 6.07) is 2.01. The lowest BCUT2D eigenvalue weighted by atomic mass is 10.0. The second-order valence-electron chi connectivity index (χ2n) is 5.63. The SMILES string of the molecule is CCc1cc(CN2CC(=O)NC(C)(C)C2=O)n(CC)n1. The van der Waals surface area contributed by atoms with Crippen molar-refractivity contribution in [2.75, 3.05) is 6.54 Å². The zero-order valence-electron chi connectivity index (χ0n) is 12.6. The van der Waals surface area contributed by atoms with Crippen molar-refractivity contribution in [3.05, 3.63) is 17.5 Å². The number of nitrogens with zero attached hydrogens (tertiary/aromatic N) is 3. The molecule has 1 saturated heterocycles. The van der Waals surface area contributed by atoms with Crippen molar-refractivity contribution >= 4 is 11.8 Å². The van der Waals surface area contributed by atoms with Crippen LogP contribution < -0.4 is 5.32 Å². The summed E-state index contributed by atoms with van der Waals surface area (Å²) >= 11 is 0. The molecule has 1 aromatic heterocycles. The molecular weight excluding hydrogens is 256 g/mol. The molecule has 0 unspecified atom stereocenters. The number of aromatic nitrogens is 2. The van der Waals surface area contributed by atoms with Crippen molar-refractivity contribution in [3.8, 4) is 0 Å². The van der Waals surface area contributed by atoms with Gasteiger partial charge in [-0.15, -0.1) is 0 Å². The first kappa shape index (κ1) is 14.6. The predicted molar refractivity (Wildman–Crippen MR) is 74.9 cm³/mol. The molecule has 1 fully saturated rings. The molecule has 6 nitrogen and oxygen atoms in total. The van der Waals surface area contributed by atoms with E-state index in [1.165, 1.54) is 0 Å². The van der Waals surface area contributed by atoms with E-state index in [2.05, 4.69) is 17.3 Å². The van der Waals surface area contributed by atoms with Crippen LogP contribution in [0.1, 0.15) is 39.1 Å². The minimum atomic E-state index is -0.833. The van der Waals surface area contributed by atoms with Crippen LogP contribution in [0.5, 0.6) is 0 Å². The second-order valence-corrected chi connectivity index (χ2v) is 5.63. The molecule has 1 aromatic rings. The van der Waals surface area contributed by atoms with Crippen LogP contribution in [0.4, 0.5) is 0 Å². The third-order valence-corrected chi connectivity index (χ3v) is 3.54. The Kier molecular flexibility index (Phi) is 3.83. The van der Waals surface area contributed by atoms with Gasteiger partial charge in [-0.05, 0) is 33.3 Å². The third kappa shape index (κ3) is 2.69. The fourth-order valence-corrected chi connectivity index (χ4v) is 2.49. The first-order valence-electron chi connectivity index (χ1n) is 7.03. The molecule has 110 valence electrons. The Hall–Kier alpha value is -1.85. The van der Waals surface area contributed by atoms with Crippen LogP contribution in [-0.4, -0.2) is 38.6 Å². The van der Waals surface area contributed by atoms with Gasteiger partial charge in [0.15, 0.2) is 0 Å². The fourth-order valence-electron chi connectivity index (χ4n) is 2.49. The molecule has 1 N–H and O–H groups in total. The first-order valence-corrected chi connectivity index (χ1v) is 7.03. The molecule has 0 bridgehead atoms. The molecule has 0 atom stereocenters. The topological polar surface area (TPSA) is 67.2 Å². The predicted octanol–water partition coefficient (Wildman–Crippen LogP) is 0.702. The van der Waals surface area contributed by atoms with Crippen LogP contribution in [-0.2, 0) is 29.1 Å². The number of rotatable bonds is 4. The Labute approximate surface area is 119 Å². The molecule has 2 rings (SSSR count). The zero-order valence-corrected chi connectivity index (χ0v) is 12.6. The summed E-state index contributed by atoms with van der Waals surface area (Å²) in [6.07, 6.45) is 0.861. The molecule has 0 aliphatic carbocycles. The summed E-state index contributed by atoms with van der Waals surface area (Å²) < 4.78 is 1.89. The molecule has 20 heavy (non-hydrogen) atoms. The van der Waals surface area contributed by atoms with Crippen LogP contribution >= 0.6 is 0 Å². The number of amides is 2. The van der Waals surface area contributed by atoms with Gasteiger partial charge in [0, 0.05) is 6.54 Å². The highest BCUT2D eigenvalue weighted by Crippen LogP contribution is 2.17. The van der Waals surface area contributed by atoms with Gasteiger partial charge in [-0.1, -0.05) is 6.92 Å². The molecule has 0 saturated carbocycles. The average molecular weight is 278 g/mol. The Morgan fingerprint density at radius 3 is 2.65 bits per heavy atom. The van der Waals surface area contributed by atoms with E-state index in [4.69, 9.17) is 0 Å². The number of piperazine rings is 1. The van der Waals surface area contributed by atoms with E-state index in [1.54, 1.807) is 18.7 Å². The number of nitrogens with one attached hydrogen (secondary N) is 1. The van der Waals surface area contributed by atoms with Crippen molar-refractivity contribution in [2.45, 2.75) is 52.7 Å². The van der Waals surface area contributed by atoms with E-state index in [1.807, 2.05) is 17.7 Å². The maximum absolute atomic E-state index is 12.4. The Bertz CT molecular complexity index is 533. The lowest BCUT2D eigenvalue weighted by Crippen LogP contribution is -2.63. The van der Waals surface area contributed by atoms with Gasteiger partial charge in [-0.25, -0.2) is 0 Å². The van der Waals surface area contributed by atoms with Gasteiger partial charge in [-0.2, -0.15) is 5.10 Å². The molecule has 6 heteroatoms. The summed E-state index contributed by atoms with van der Waals surface area (Å²) in [7, 11) is 0. The van der Waals surface area contributed by atoms with E-state index < -0.39 is 5.54 Å². The standard InChI is InChI=1S/C14H22N4O2/c1-5-10-7-11(18(6-2)16-10)8-17-9-12(19)15-14(3,4)13(17)20/h7H,5-6,8-9H2,1-4H3,(H,15,19). The molecule has 2 heterocycles. The average Bonchev–Trinajstić information content (AvgIpc) is 2.77. The van der Waals surface area contributed by atoms with E-state index in [0.717, 1.165) is 24.4 Å². The fraction of sp³-hybridized carbons (Fsp3) is 0.643. The third-order valence-electron chi connectivity index (χ3n) is 3.54. The molecule has 0 radical (unpaired) electrons. The zero-order chi connectivity index (χ0) is 14.9. The van der Waals surface area contributed by atoms with Gasteiger partial charge < -0.3 is 10.2 Å². The Morgan fingerprint density at radius 2 is 2.05 bits per heavy atom. The summed E-state index contributed by atoms with van der Waals surface area (Å²) in [5.41, 5.74) is 1.15. The maximum atomic E-state index is 12.4. The second kappa shape index (κ2) is 5.26. The van der Waals surface area contributed by atoms with Crippen LogP contribution in [0.25, 0.3) is 0 Å². The van der Waals surface area contributed by atoms with Crippen LogP contribution in [0, 0.1) is 0 Å². The van der Waals surface area contributed by atoms with Gasteiger partial charge in [0.05, 0.1) is 17.9 Å². The van der Waals surface area contributed by atoms with Crippen LogP contribution in [0.15, 0.2) is 6.07 Å². The van der Waals surface area contributed by atoms with E-state index in [-0.39, 0.29) is 18.4 Å². The van der Waals surface area contributed by atoms with E-state index in [0.29, 0.717) is 6.54 Å². The number of aryl methyl sites for hydroxylation is 2. The highest BCUT2D eigenvalue weighted by atomic mass is 16.2.